The molecule has 0 fully saturated rings. The van der Waals surface area contributed by atoms with Crippen molar-refractivity contribution in [1.82, 2.24) is 4.98 Å². The minimum atomic E-state index is -0.318. The molecule has 0 saturated carbocycles. The van der Waals surface area contributed by atoms with Crippen LogP contribution in [0.25, 0.3) is 0 Å². The van der Waals surface area contributed by atoms with Crippen LogP contribution in [-0.4, -0.2) is 10.9 Å². The van der Waals surface area contributed by atoms with Crippen LogP contribution in [0.1, 0.15) is 27.7 Å². The molecule has 0 spiro atoms. The lowest BCUT2D eigenvalue weighted by Crippen LogP contribution is -2.13. The van der Waals surface area contributed by atoms with E-state index in [1.165, 1.54) is 0 Å². The predicted octanol–water partition coefficient (Wildman–Crippen LogP) is 2.43. The zero-order valence-electron chi connectivity index (χ0n) is 10.6. The number of aryl methyl sites for hydroxylation is 3. The summed E-state index contributed by atoms with van der Waals surface area (Å²) < 4.78 is 5.26. The number of nitrogens with two attached hydrogens (primary N) is 1. The Kier molecular flexibility index (Phi) is 3.06. The number of nitrogens with one attached hydrogen (secondary N) is 1. The fourth-order valence-corrected chi connectivity index (χ4v) is 1.70. The van der Waals surface area contributed by atoms with E-state index in [0.29, 0.717) is 23.0 Å². The molecule has 0 bridgehead atoms. The number of rotatable bonds is 2. The highest BCUT2D eigenvalue weighted by Crippen LogP contribution is 2.20. The molecule has 3 N–H and O–H groups in total. The van der Waals surface area contributed by atoms with Crippen LogP contribution in [0, 0.1) is 20.8 Å². The largest absolute Gasteiger partial charge is 0.436 e. The van der Waals surface area contributed by atoms with Gasteiger partial charge in [0.25, 0.3) is 5.91 Å². The van der Waals surface area contributed by atoms with Crippen LogP contribution in [-0.2, 0) is 0 Å². The highest BCUT2D eigenvalue weighted by Gasteiger charge is 2.16. The zero-order valence-corrected chi connectivity index (χ0v) is 10.6. The van der Waals surface area contributed by atoms with E-state index in [0.717, 1.165) is 5.56 Å². The minimum Gasteiger partial charge on any atom is -0.436 e. The first-order valence-corrected chi connectivity index (χ1v) is 5.59. The van der Waals surface area contributed by atoms with E-state index in [2.05, 4.69) is 10.3 Å². The smallest absolute Gasteiger partial charge is 0.293 e. The predicted molar refractivity (Wildman–Crippen MR) is 69.5 cm³/mol. The number of nitrogen functional groups attached to an aromatic ring is 1. The molecule has 0 saturated heterocycles. The van der Waals surface area contributed by atoms with Gasteiger partial charge < -0.3 is 15.5 Å². The first-order chi connectivity index (χ1) is 8.47. The van der Waals surface area contributed by atoms with Crippen molar-refractivity contribution in [1.29, 1.82) is 0 Å². The molecule has 0 aliphatic heterocycles. The number of anilines is 2. The number of aromatic nitrogens is 1. The monoisotopic (exact) mass is 245 g/mol. The van der Waals surface area contributed by atoms with E-state index in [-0.39, 0.29) is 11.7 Å². The minimum absolute atomic E-state index is 0.231. The van der Waals surface area contributed by atoms with Crippen molar-refractivity contribution < 1.29 is 9.21 Å². The molecule has 1 heterocycles. The van der Waals surface area contributed by atoms with Gasteiger partial charge in [0.2, 0.25) is 5.76 Å². The van der Waals surface area contributed by atoms with Crippen LogP contribution in [0.5, 0.6) is 0 Å². The Morgan fingerprint density at radius 3 is 2.67 bits per heavy atom. The van der Waals surface area contributed by atoms with Crippen LogP contribution in [0.4, 0.5) is 11.4 Å². The molecule has 0 unspecified atom stereocenters. The van der Waals surface area contributed by atoms with Gasteiger partial charge in [-0.3, -0.25) is 4.79 Å². The fraction of sp³-hybridized carbons (Fsp3) is 0.231. The standard InChI is InChI=1S/C13H15N3O2/c1-7-4-5-10(14)6-11(7)16-13(17)12-8(2)15-9(3)18-12/h4-6H,14H2,1-3H3,(H,16,17). The zero-order chi connectivity index (χ0) is 13.3. The van der Waals surface area contributed by atoms with Crippen molar-refractivity contribution in [2.45, 2.75) is 20.8 Å². The van der Waals surface area contributed by atoms with Gasteiger partial charge in [0, 0.05) is 18.3 Å². The quantitative estimate of drug-likeness (QED) is 0.796. The van der Waals surface area contributed by atoms with Gasteiger partial charge in [0.1, 0.15) is 0 Å². The van der Waals surface area contributed by atoms with E-state index in [9.17, 15) is 4.79 Å². The number of benzene rings is 1. The number of oxazole rings is 1. The number of carbonyl (C=O) groups excluding carboxylic acids is 1. The summed E-state index contributed by atoms with van der Waals surface area (Å²) in [4.78, 5) is 16.1. The second-order valence-electron chi connectivity index (χ2n) is 4.18. The Morgan fingerprint density at radius 1 is 1.33 bits per heavy atom. The van der Waals surface area contributed by atoms with Gasteiger partial charge >= 0.3 is 0 Å². The maximum atomic E-state index is 12.0. The highest BCUT2D eigenvalue weighted by molar-refractivity contribution is 6.03. The molecule has 18 heavy (non-hydrogen) atoms. The molecule has 1 aromatic heterocycles. The van der Waals surface area contributed by atoms with E-state index < -0.39 is 0 Å². The third-order valence-electron chi connectivity index (χ3n) is 2.62. The van der Waals surface area contributed by atoms with Gasteiger partial charge in [-0.25, -0.2) is 4.98 Å². The summed E-state index contributed by atoms with van der Waals surface area (Å²) in [6.45, 7) is 5.33. The molecule has 1 aromatic carbocycles. The molecule has 5 heteroatoms. The SMILES string of the molecule is Cc1nc(C)c(C(=O)Nc2cc(N)ccc2C)o1. The lowest BCUT2D eigenvalue weighted by atomic mass is 10.2. The number of hydrogen-bond donors (Lipinski definition) is 2. The number of hydrogen-bond acceptors (Lipinski definition) is 4. The van der Waals surface area contributed by atoms with E-state index in [4.69, 9.17) is 10.2 Å². The molecule has 2 aromatic rings. The topological polar surface area (TPSA) is 81.2 Å². The summed E-state index contributed by atoms with van der Waals surface area (Å²) in [6, 6.07) is 5.35. The average Bonchev–Trinajstić information content (AvgIpc) is 2.63. The third kappa shape index (κ3) is 2.34. The Morgan fingerprint density at radius 2 is 2.06 bits per heavy atom. The summed E-state index contributed by atoms with van der Waals surface area (Å²) in [6.07, 6.45) is 0. The molecule has 0 aliphatic carbocycles. The van der Waals surface area contributed by atoms with Crippen LogP contribution in [0.2, 0.25) is 0 Å². The normalized spacial score (nSPS) is 10.4. The van der Waals surface area contributed by atoms with Gasteiger partial charge in [-0.05, 0) is 31.5 Å². The lowest BCUT2D eigenvalue weighted by Gasteiger charge is -2.07. The van der Waals surface area contributed by atoms with E-state index in [1.807, 2.05) is 13.0 Å². The maximum Gasteiger partial charge on any atom is 0.293 e. The Hall–Kier alpha value is -2.30. The summed E-state index contributed by atoms with van der Waals surface area (Å²) in [5.41, 5.74) is 8.47. The lowest BCUT2D eigenvalue weighted by molar-refractivity contribution is 0.0994. The maximum absolute atomic E-state index is 12.0. The van der Waals surface area contributed by atoms with Crippen molar-refractivity contribution in [2.75, 3.05) is 11.1 Å². The van der Waals surface area contributed by atoms with E-state index >= 15 is 0 Å². The second kappa shape index (κ2) is 4.52. The summed E-state index contributed by atoms with van der Waals surface area (Å²) >= 11 is 0. The average molecular weight is 245 g/mol. The van der Waals surface area contributed by atoms with Crippen LogP contribution >= 0.6 is 0 Å². The van der Waals surface area contributed by atoms with Crippen molar-refractivity contribution in [2.24, 2.45) is 0 Å². The molecule has 0 atom stereocenters. The fourth-order valence-electron chi connectivity index (χ4n) is 1.70. The molecule has 0 radical (unpaired) electrons. The summed E-state index contributed by atoms with van der Waals surface area (Å²) in [5.74, 6) is 0.387. The Labute approximate surface area is 105 Å². The van der Waals surface area contributed by atoms with Gasteiger partial charge in [-0.1, -0.05) is 6.07 Å². The third-order valence-corrected chi connectivity index (χ3v) is 2.62. The van der Waals surface area contributed by atoms with Gasteiger partial charge in [0.15, 0.2) is 5.89 Å². The van der Waals surface area contributed by atoms with Crippen LogP contribution in [0.3, 0.4) is 0 Å². The molecule has 94 valence electrons. The van der Waals surface area contributed by atoms with E-state index in [1.54, 1.807) is 26.0 Å². The second-order valence-corrected chi connectivity index (χ2v) is 4.18. The van der Waals surface area contributed by atoms with Crippen molar-refractivity contribution in [3.63, 3.8) is 0 Å². The molecule has 5 nitrogen and oxygen atoms in total. The highest BCUT2D eigenvalue weighted by atomic mass is 16.4. The van der Waals surface area contributed by atoms with Gasteiger partial charge in [-0.15, -0.1) is 0 Å². The van der Waals surface area contributed by atoms with Crippen molar-refractivity contribution in [3.8, 4) is 0 Å². The summed E-state index contributed by atoms with van der Waals surface area (Å²) in [7, 11) is 0. The number of nitrogens with zero attached hydrogens (tertiary/aromatic N) is 1. The van der Waals surface area contributed by atoms with Crippen LogP contribution in [0.15, 0.2) is 22.6 Å². The van der Waals surface area contributed by atoms with Crippen molar-refractivity contribution in [3.05, 3.63) is 41.1 Å². The first kappa shape index (κ1) is 12.2. The molecule has 1 amide bonds. The van der Waals surface area contributed by atoms with Gasteiger partial charge in [0.05, 0.1) is 5.69 Å². The van der Waals surface area contributed by atoms with Gasteiger partial charge in [-0.2, -0.15) is 0 Å². The molecular weight excluding hydrogens is 230 g/mol. The van der Waals surface area contributed by atoms with Crippen LogP contribution < -0.4 is 11.1 Å². The first-order valence-electron chi connectivity index (χ1n) is 5.59. The number of amides is 1. The number of carbonyl (C=O) groups is 1. The molecular formula is C13H15N3O2. The van der Waals surface area contributed by atoms with Crippen molar-refractivity contribution >= 4 is 17.3 Å². The molecule has 0 aliphatic rings. The molecule has 2 rings (SSSR count). The Balaban J connectivity index is 2.26. The summed E-state index contributed by atoms with van der Waals surface area (Å²) in [5, 5.41) is 2.77. The Bertz CT molecular complexity index is 602.